The lowest BCUT2D eigenvalue weighted by Crippen LogP contribution is -2.41. The molecule has 0 spiro atoms. The van der Waals surface area contributed by atoms with Gasteiger partial charge in [0.05, 0.1) is 38.9 Å². The van der Waals surface area contributed by atoms with E-state index in [0.717, 1.165) is 49.6 Å². The number of carbonyl (C=O) groups is 3. The number of methoxy groups -OCH3 is 1. The van der Waals surface area contributed by atoms with Crippen molar-refractivity contribution in [3.8, 4) is 16.9 Å². The maximum Gasteiger partial charge on any atom is 0.408 e. The first-order valence-corrected chi connectivity index (χ1v) is 19.5. The second kappa shape index (κ2) is 18.0. The number of hydrogen-bond donors (Lipinski definition) is 2. The predicted octanol–water partition coefficient (Wildman–Crippen LogP) is 7.99. The molecule has 2 aliphatic rings. The number of imide groups is 1. The molecule has 0 bridgehead atoms. The van der Waals surface area contributed by atoms with Crippen molar-refractivity contribution >= 4 is 29.7 Å². The van der Waals surface area contributed by atoms with Crippen LogP contribution in [0.1, 0.15) is 53.6 Å². The molecule has 2 saturated heterocycles. The smallest absolute Gasteiger partial charge is 0.408 e. The van der Waals surface area contributed by atoms with E-state index in [1.54, 1.807) is 18.9 Å². The summed E-state index contributed by atoms with van der Waals surface area (Å²) < 4.78 is 24.3. The summed E-state index contributed by atoms with van der Waals surface area (Å²) in [4.78, 5) is 40.9. The van der Waals surface area contributed by atoms with Crippen LogP contribution in [0.5, 0.6) is 5.75 Å². The molecule has 11 heteroatoms. The Hall–Kier alpha value is -5.46. The van der Waals surface area contributed by atoms with E-state index in [-0.39, 0.29) is 50.2 Å². The van der Waals surface area contributed by atoms with E-state index < -0.39 is 24.3 Å². The molecular weight excluding hydrogens is 729 g/mol. The lowest BCUT2D eigenvalue weighted by atomic mass is 9.91. The summed E-state index contributed by atoms with van der Waals surface area (Å²) in [6, 6.07) is 39.7. The third-order valence-corrected chi connectivity index (χ3v) is 11.2. The molecule has 3 amide bonds. The Morgan fingerprint density at radius 1 is 0.821 bits per heavy atom. The summed E-state index contributed by atoms with van der Waals surface area (Å²) in [7, 11) is 1.67. The monoisotopic (exact) mass is 772 g/mol. The van der Waals surface area contributed by atoms with E-state index in [1.165, 1.54) is 4.90 Å². The third-order valence-electron chi connectivity index (χ3n) is 10.1. The number of ether oxygens (including phenoxy) is 4. The zero-order chi connectivity index (χ0) is 39.0. The summed E-state index contributed by atoms with van der Waals surface area (Å²) in [5.41, 5.74) is 6.08. The first-order valence-electron chi connectivity index (χ1n) is 18.6. The fraction of sp³-hybridized carbons (Fsp3) is 0.267. The zero-order valence-corrected chi connectivity index (χ0v) is 32.0. The predicted molar refractivity (Wildman–Crippen MR) is 212 cm³/mol. The standard InChI is InChI=1S/C45H44N2O8S/c1-29-39(28-56-40-17-7-6-16-38(40)52-2)54-44(55-42(29)33-20-18-30(26-48)19-21-33)36-15-9-14-35(23-36)34-13-8-12-32(22-34)25-47-41(49)24-37(43(47)50)46-45(51)53-27-31-10-4-3-5-11-31/h3-23,29,37,39,42,44,48H,24-28H2,1-2H3,(H,46,51)/t29-,37?,39+,42+,44+/m1/s1. The molecule has 7 rings (SSSR count). The van der Waals surface area contributed by atoms with Crippen LogP contribution in [-0.2, 0) is 43.6 Å². The molecule has 2 fully saturated rings. The van der Waals surface area contributed by atoms with Crippen molar-refractivity contribution in [1.82, 2.24) is 10.2 Å². The van der Waals surface area contributed by atoms with Crippen molar-refractivity contribution in [2.45, 2.75) is 62.5 Å². The Labute approximate surface area is 330 Å². The molecule has 0 aliphatic carbocycles. The van der Waals surface area contributed by atoms with Crippen LogP contribution in [0.4, 0.5) is 4.79 Å². The van der Waals surface area contributed by atoms with E-state index in [9.17, 15) is 19.5 Å². The van der Waals surface area contributed by atoms with Gasteiger partial charge in [-0.1, -0.05) is 110 Å². The van der Waals surface area contributed by atoms with Crippen molar-refractivity contribution in [1.29, 1.82) is 0 Å². The normalized spacial score (nSPS) is 20.8. The molecule has 0 radical (unpaired) electrons. The van der Waals surface area contributed by atoms with Crippen LogP contribution in [0.25, 0.3) is 11.1 Å². The number of thioether (sulfide) groups is 1. The number of aliphatic hydroxyl groups excluding tert-OH is 1. The minimum atomic E-state index is -0.989. The van der Waals surface area contributed by atoms with E-state index in [2.05, 4.69) is 12.2 Å². The van der Waals surface area contributed by atoms with Gasteiger partial charge in [-0.05, 0) is 57.6 Å². The van der Waals surface area contributed by atoms with Gasteiger partial charge < -0.3 is 29.4 Å². The second-order valence-electron chi connectivity index (χ2n) is 13.9. The van der Waals surface area contributed by atoms with Gasteiger partial charge >= 0.3 is 6.09 Å². The molecule has 2 N–H and O–H groups in total. The van der Waals surface area contributed by atoms with Crippen LogP contribution in [0.2, 0.25) is 0 Å². The van der Waals surface area contributed by atoms with Gasteiger partial charge in [0.15, 0.2) is 6.29 Å². The van der Waals surface area contributed by atoms with Crippen molar-refractivity contribution < 1.29 is 38.4 Å². The number of likely N-dealkylation sites (tertiary alicyclic amines) is 1. The van der Waals surface area contributed by atoms with Gasteiger partial charge in [0.1, 0.15) is 18.4 Å². The molecule has 2 aliphatic heterocycles. The van der Waals surface area contributed by atoms with E-state index >= 15 is 0 Å². The number of hydrogen-bond acceptors (Lipinski definition) is 9. The third kappa shape index (κ3) is 9.14. The first kappa shape index (κ1) is 38.8. The Morgan fingerprint density at radius 2 is 1.54 bits per heavy atom. The highest BCUT2D eigenvalue weighted by Crippen LogP contribution is 2.44. The van der Waals surface area contributed by atoms with Gasteiger partial charge in [-0.3, -0.25) is 14.5 Å². The van der Waals surface area contributed by atoms with Crippen LogP contribution in [0, 0.1) is 5.92 Å². The van der Waals surface area contributed by atoms with Crippen molar-refractivity contribution in [2.75, 3.05) is 12.9 Å². The number of amides is 3. The van der Waals surface area contributed by atoms with Crippen LogP contribution in [0.15, 0.2) is 132 Å². The molecule has 288 valence electrons. The Bertz CT molecular complexity index is 2150. The summed E-state index contributed by atoms with van der Waals surface area (Å²) in [5.74, 6) is 0.663. The van der Waals surface area contributed by atoms with Gasteiger partial charge in [-0.25, -0.2) is 4.79 Å². The molecule has 5 aromatic rings. The number of aliphatic hydroxyl groups is 1. The molecule has 0 aromatic heterocycles. The minimum absolute atomic E-state index is 0.0130. The van der Waals surface area contributed by atoms with Gasteiger partial charge in [-0.15, -0.1) is 11.8 Å². The average Bonchev–Trinajstić information content (AvgIpc) is 3.50. The Balaban J connectivity index is 1.06. The number of benzene rings is 5. The Kier molecular flexibility index (Phi) is 12.5. The summed E-state index contributed by atoms with van der Waals surface area (Å²) >= 11 is 1.68. The fourth-order valence-electron chi connectivity index (χ4n) is 6.99. The summed E-state index contributed by atoms with van der Waals surface area (Å²) in [5, 5.41) is 12.2. The quantitative estimate of drug-likeness (QED) is 0.0906. The van der Waals surface area contributed by atoms with Gasteiger partial charge in [0.25, 0.3) is 5.91 Å². The maximum atomic E-state index is 13.3. The molecule has 0 saturated carbocycles. The number of nitrogens with zero attached hydrogens (tertiary/aromatic N) is 1. The van der Waals surface area contributed by atoms with Crippen molar-refractivity contribution in [3.05, 3.63) is 155 Å². The lowest BCUT2D eigenvalue weighted by Gasteiger charge is -2.41. The van der Waals surface area contributed by atoms with E-state index in [0.29, 0.717) is 5.75 Å². The first-order chi connectivity index (χ1) is 27.3. The van der Waals surface area contributed by atoms with Crippen LogP contribution in [0.3, 0.4) is 0 Å². The highest BCUT2D eigenvalue weighted by Gasteiger charge is 2.40. The highest BCUT2D eigenvalue weighted by molar-refractivity contribution is 7.99. The fourth-order valence-corrected chi connectivity index (χ4v) is 8.18. The number of carbonyl (C=O) groups excluding carboxylic acids is 3. The van der Waals surface area contributed by atoms with Gasteiger partial charge in [0, 0.05) is 22.1 Å². The number of para-hydroxylation sites is 1. The number of rotatable bonds is 13. The van der Waals surface area contributed by atoms with Crippen LogP contribution >= 0.6 is 11.8 Å². The zero-order valence-electron chi connectivity index (χ0n) is 31.2. The molecule has 5 atom stereocenters. The molecule has 10 nitrogen and oxygen atoms in total. The van der Waals surface area contributed by atoms with E-state index in [1.807, 2.05) is 127 Å². The number of alkyl carbamates (subject to hydrolysis) is 1. The molecular formula is C45H44N2O8S. The molecule has 56 heavy (non-hydrogen) atoms. The maximum absolute atomic E-state index is 13.3. The number of nitrogens with one attached hydrogen (secondary N) is 1. The largest absolute Gasteiger partial charge is 0.496 e. The summed E-state index contributed by atoms with van der Waals surface area (Å²) in [6.45, 7) is 2.23. The van der Waals surface area contributed by atoms with Gasteiger partial charge in [0.2, 0.25) is 5.91 Å². The topological polar surface area (TPSA) is 124 Å². The highest BCUT2D eigenvalue weighted by atomic mass is 32.2. The molecule has 1 unspecified atom stereocenters. The molecule has 5 aromatic carbocycles. The SMILES string of the molecule is COc1ccccc1SC[C@@H]1O[C@H](c2cccc(-c3cccc(CN4C(=O)CC(NC(=O)OCc5ccccc5)C4=O)c3)c2)O[C@H](c2ccc(CO)cc2)[C@@H]1C. The Morgan fingerprint density at radius 3 is 2.30 bits per heavy atom. The second-order valence-corrected chi connectivity index (χ2v) is 15.0. The summed E-state index contributed by atoms with van der Waals surface area (Å²) in [6.07, 6.45) is -1.99. The van der Waals surface area contributed by atoms with Crippen molar-refractivity contribution in [3.63, 3.8) is 0 Å². The lowest BCUT2D eigenvalue weighted by molar-refractivity contribution is -0.268. The van der Waals surface area contributed by atoms with E-state index in [4.69, 9.17) is 18.9 Å². The van der Waals surface area contributed by atoms with Crippen LogP contribution < -0.4 is 10.1 Å². The average molecular weight is 773 g/mol. The van der Waals surface area contributed by atoms with Gasteiger partial charge in [-0.2, -0.15) is 0 Å². The molecule has 2 heterocycles. The minimum Gasteiger partial charge on any atom is -0.496 e. The van der Waals surface area contributed by atoms with Crippen molar-refractivity contribution in [2.24, 2.45) is 5.92 Å². The van der Waals surface area contributed by atoms with Crippen LogP contribution in [-0.4, -0.2) is 52.9 Å².